The van der Waals surface area contributed by atoms with Crippen LogP contribution in [-0.2, 0) is 14.3 Å². The first-order chi connectivity index (χ1) is 14.5. The SMILES string of the molecule is COc1cccc(/C(O)=C2/C(=O)C(=O)N(CC3CCCO3)C2c2ccc(Cl)cc2)c1. The lowest BCUT2D eigenvalue weighted by Gasteiger charge is -2.27. The third kappa shape index (κ3) is 3.80. The molecule has 4 rings (SSSR count). The van der Waals surface area contributed by atoms with Gasteiger partial charge in [0.15, 0.2) is 0 Å². The number of ether oxygens (including phenoxy) is 2. The molecule has 0 radical (unpaired) electrons. The summed E-state index contributed by atoms with van der Waals surface area (Å²) >= 11 is 6.04. The van der Waals surface area contributed by atoms with Gasteiger partial charge in [-0.25, -0.2) is 0 Å². The number of halogens is 1. The van der Waals surface area contributed by atoms with Crippen molar-refractivity contribution in [3.8, 4) is 5.75 Å². The maximum atomic E-state index is 13.0. The molecule has 1 amide bonds. The molecule has 0 saturated carbocycles. The second-order valence-corrected chi connectivity index (χ2v) is 7.81. The zero-order chi connectivity index (χ0) is 21.3. The number of amides is 1. The van der Waals surface area contributed by atoms with Crippen molar-refractivity contribution in [3.63, 3.8) is 0 Å². The number of carbonyl (C=O) groups excluding carboxylic acids is 2. The number of nitrogens with zero attached hydrogens (tertiary/aromatic N) is 1. The van der Waals surface area contributed by atoms with E-state index < -0.39 is 17.7 Å². The highest BCUT2D eigenvalue weighted by Crippen LogP contribution is 2.40. The van der Waals surface area contributed by atoms with Crippen molar-refractivity contribution in [3.05, 3.63) is 70.3 Å². The molecule has 2 saturated heterocycles. The minimum Gasteiger partial charge on any atom is -0.507 e. The van der Waals surface area contributed by atoms with E-state index in [9.17, 15) is 14.7 Å². The van der Waals surface area contributed by atoms with Crippen molar-refractivity contribution >= 4 is 29.1 Å². The van der Waals surface area contributed by atoms with E-state index in [2.05, 4.69) is 0 Å². The zero-order valence-corrected chi connectivity index (χ0v) is 17.3. The van der Waals surface area contributed by atoms with E-state index in [0.29, 0.717) is 28.5 Å². The Bertz CT molecular complexity index is 995. The van der Waals surface area contributed by atoms with Crippen LogP contribution in [0.3, 0.4) is 0 Å². The van der Waals surface area contributed by atoms with Crippen LogP contribution in [0.5, 0.6) is 5.75 Å². The number of likely N-dealkylation sites (tertiary alicyclic amines) is 1. The molecular formula is C23H22ClNO5. The number of Topliss-reactive ketones (excluding diaryl/α,β-unsaturated/α-hetero) is 1. The highest BCUT2D eigenvalue weighted by atomic mass is 35.5. The summed E-state index contributed by atoms with van der Waals surface area (Å²) in [4.78, 5) is 27.4. The molecule has 7 heteroatoms. The van der Waals surface area contributed by atoms with E-state index in [1.807, 2.05) is 0 Å². The molecule has 0 aromatic heterocycles. The van der Waals surface area contributed by atoms with Gasteiger partial charge < -0.3 is 19.5 Å². The van der Waals surface area contributed by atoms with Gasteiger partial charge in [0.1, 0.15) is 11.5 Å². The Balaban J connectivity index is 1.82. The molecule has 30 heavy (non-hydrogen) atoms. The van der Waals surface area contributed by atoms with Crippen LogP contribution in [0.2, 0.25) is 5.02 Å². The number of aliphatic hydroxyl groups is 1. The molecule has 2 aliphatic heterocycles. The summed E-state index contributed by atoms with van der Waals surface area (Å²) in [5, 5.41) is 11.6. The Labute approximate surface area is 179 Å². The monoisotopic (exact) mass is 427 g/mol. The Morgan fingerprint density at radius 2 is 2.00 bits per heavy atom. The van der Waals surface area contributed by atoms with Gasteiger partial charge in [0, 0.05) is 23.7 Å². The average molecular weight is 428 g/mol. The summed E-state index contributed by atoms with van der Waals surface area (Å²) in [5.41, 5.74) is 1.15. The summed E-state index contributed by atoms with van der Waals surface area (Å²) in [7, 11) is 1.52. The number of benzene rings is 2. The van der Waals surface area contributed by atoms with E-state index in [1.165, 1.54) is 12.0 Å². The van der Waals surface area contributed by atoms with E-state index in [0.717, 1.165) is 12.8 Å². The van der Waals surface area contributed by atoms with Gasteiger partial charge in [0.25, 0.3) is 11.7 Å². The largest absolute Gasteiger partial charge is 0.507 e. The summed E-state index contributed by atoms with van der Waals surface area (Å²) in [5.74, 6) is -1.05. The minimum atomic E-state index is -0.724. The maximum absolute atomic E-state index is 13.0. The Hall–Kier alpha value is -2.83. The van der Waals surface area contributed by atoms with Crippen LogP contribution in [0.15, 0.2) is 54.1 Å². The van der Waals surface area contributed by atoms with Gasteiger partial charge in [-0.15, -0.1) is 0 Å². The normalized spacial score (nSPS) is 23.2. The van der Waals surface area contributed by atoms with Crippen molar-refractivity contribution in [2.45, 2.75) is 25.0 Å². The number of aliphatic hydroxyl groups excluding tert-OH is 1. The number of hydrogen-bond donors (Lipinski definition) is 1. The van der Waals surface area contributed by atoms with E-state index in [-0.39, 0.29) is 24.0 Å². The molecule has 1 N–H and O–H groups in total. The number of carbonyl (C=O) groups is 2. The standard InChI is InChI=1S/C23H22ClNO5/c1-29-17-5-2-4-15(12-17)21(26)19-20(14-7-9-16(24)10-8-14)25(23(28)22(19)27)13-18-6-3-11-30-18/h2,4-5,7-10,12,18,20,26H,3,6,11,13H2,1H3/b21-19-. The topological polar surface area (TPSA) is 76.1 Å². The summed E-state index contributed by atoms with van der Waals surface area (Å²) in [6.45, 7) is 0.927. The molecule has 2 aliphatic rings. The molecule has 2 aromatic rings. The molecule has 2 fully saturated rings. The molecule has 0 aliphatic carbocycles. The lowest BCUT2D eigenvalue weighted by atomic mass is 9.95. The Morgan fingerprint density at radius 1 is 1.23 bits per heavy atom. The molecule has 2 aromatic carbocycles. The molecule has 0 bridgehead atoms. The van der Waals surface area contributed by atoms with Gasteiger partial charge in [-0.1, -0.05) is 35.9 Å². The van der Waals surface area contributed by atoms with Crippen molar-refractivity contribution < 1.29 is 24.2 Å². The fourth-order valence-corrected chi connectivity index (χ4v) is 4.12. The van der Waals surface area contributed by atoms with Crippen LogP contribution in [0.4, 0.5) is 0 Å². The fraction of sp³-hybridized carbons (Fsp3) is 0.304. The maximum Gasteiger partial charge on any atom is 0.295 e. The third-order valence-corrected chi connectivity index (χ3v) is 5.75. The predicted molar refractivity (Wildman–Crippen MR) is 112 cm³/mol. The van der Waals surface area contributed by atoms with Gasteiger partial charge >= 0.3 is 0 Å². The van der Waals surface area contributed by atoms with E-state index in [4.69, 9.17) is 21.1 Å². The molecule has 6 nitrogen and oxygen atoms in total. The van der Waals surface area contributed by atoms with Gasteiger partial charge in [-0.3, -0.25) is 9.59 Å². The first kappa shape index (κ1) is 20.4. The second-order valence-electron chi connectivity index (χ2n) is 7.37. The molecule has 2 heterocycles. The van der Waals surface area contributed by atoms with Crippen LogP contribution >= 0.6 is 11.6 Å². The van der Waals surface area contributed by atoms with Gasteiger partial charge in [0.05, 0.1) is 24.8 Å². The molecule has 2 atom stereocenters. The first-order valence-electron chi connectivity index (χ1n) is 9.79. The minimum absolute atomic E-state index is 0.0496. The Morgan fingerprint density at radius 3 is 2.67 bits per heavy atom. The van der Waals surface area contributed by atoms with Crippen molar-refractivity contribution in [2.75, 3.05) is 20.3 Å². The smallest absolute Gasteiger partial charge is 0.295 e. The zero-order valence-electron chi connectivity index (χ0n) is 16.5. The number of rotatable bonds is 5. The third-order valence-electron chi connectivity index (χ3n) is 5.49. The van der Waals surface area contributed by atoms with Crippen molar-refractivity contribution in [1.29, 1.82) is 0 Å². The molecule has 0 spiro atoms. The van der Waals surface area contributed by atoms with E-state index in [1.54, 1.807) is 48.5 Å². The summed E-state index contributed by atoms with van der Waals surface area (Å²) < 4.78 is 10.9. The van der Waals surface area contributed by atoms with Gasteiger partial charge in [-0.2, -0.15) is 0 Å². The molecular weight excluding hydrogens is 406 g/mol. The number of hydrogen-bond acceptors (Lipinski definition) is 5. The number of ketones is 1. The van der Waals surface area contributed by atoms with Crippen LogP contribution in [0, 0.1) is 0 Å². The lowest BCUT2D eigenvalue weighted by Crippen LogP contribution is -2.36. The van der Waals surface area contributed by atoms with Crippen molar-refractivity contribution in [1.82, 2.24) is 4.90 Å². The van der Waals surface area contributed by atoms with Crippen molar-refractivity contribution in [2.24, 2.45) is 0 Å². The average Bonchev–Trinajstić information content (AvgIpc) is 3.36. The predicted octanol–water partition coefficient (Wildman–Crippen LogP) is 3.95. The van der Waals surface area contributed by atoms with Gasteiger partial charge in [0.2, 0.25) is 0 Å². The molecule has 2 unspecified atom stereocenters. The van der Waals surface area contributed by atoms with Gasteiger partial charge in [-0.05, 0) is 42.7 Å². The lowest BCUT2D eigenvalue weighted by molar-refractivity contribution is -0.140. The quantitative estimate of drug-likeness (QED) is 0.444. The second kappa shape index (κ2) is 8.50. The summed E-state index contributed by atoms with van der Waals surface area (Å²) in [6, 6.07) is 13.0. The first-order valence-corrected chi connectivity index (χ1v) is 10.2. The van der Waals surface area contributed by atoms with Crippen LogP contribution in [0.1, 0.15) is 30.0 Å². The van der Waals surface area contributed by atoms with Crippen LogP contribution in [0.25, 0.3) is 5.76 Å². The fourth-order valence-electron chi connectivity index (χ4n) is 3.99. The Kier molecular flexibility index (Phi) is 5.79. The highest BCUT2D eigenvalue weighted by Gasteiger charge is 2.47. The summed E-state index contributed by atoms with van der Waals surface area (Å²) in [6.07, 6.45) is 1.62. The highest BCUT2D eigenvalue weighted by molar-refractivity contribution is 6.46. The van der Waals surface area contributed by atoms with E-state index >= 15 is 0 Å². The number of methoxy groups -OCH3 is 1. The van der Waals surface area contributed by atoms with Crippen LogP contribution in [-0.4, -0.2) is 48.1 Å². The molecule has 156 valence electrons. The van der Waals surface area contributed by atoms with Crippen LogP contribution < -0.4 is 4.74 Å².